The fourth-order valence-corrected chi connectivity index (χ4v) is 2.58. The van der Waals surface area contributed by atoms with Gasteiger partial charge >= 0.3 is 12.1 Å². The minimum Gasteiger partial charge on any atom is -0.463 e. The molecule has 0 aromatic heterocycles. The van der Waals surface area contributed by atoms with Crippen LogP contribution in [0.25, 0.3) is 0 Å². The van der Waals surface area contributed by atoms with E-state index < -0.39 is 23.6 Å². The minimum atomic E-state index is -4.56. The van der Waals surface area contributed by atoms with Crippen LogP contribution in [0.1, 0.15) is 30.9 Å². The molecule has 1 atom stereocenters. The summed E-state index contributed by atoms with van der Waals surface area (Å²) in [4.78, 5) is 12.3. The van der Waals surface area contributed by atoms with Crippen molar-refractivity contribution >= 4 is 5.97 Å². The van der Waals surface area contributed by atoms with Crippen LogP contribution in [0, 0.1) is 11.3 Å². The summed E-state index contributed by atoms with van der Waals surface area (Å²) in [5.74, 6) is -2.05. The van der Waals surface area contributed by atoms with Gasteiger partial charge in [0.15, 0.2) is 0 Å². The van der Waals surface area contributed by atoms with Gasteiger partial charge in [-0.1, -0.05) is 18.2 Å². The molecule has 0 fully saturated rings. The average molecular weight is 352 g/mol. The second-order valence-corrected chi connectivity index (χ2v) is 5.24. The molecule has 8 heteroatoms. The molecule has 0 spiro atoms. The largest absolute Gasteiger partial charge is 0.463 e. The average Bonchev–Trinajstić information content (AvgIpc) is 2.53. The Labute approximate surface area is 142 Å². The van der Waals surface area contributed by atoms with E-state index >= 15 is 0 Å². The summed E-state index contributed by atoms with van der Waals surface area (Å²) in [6, 6.07) is 6.20. The predicted octanol–water partition coefficient (Wildman–Crippen LogP) is 3.35. The molecule has 0 radical (unpaired) electrons. The molecule has 1 aromatic rings. The van der Waals surface area contributed by atoms with Gasteiger partial charge < -0.3 is 15.2 Å². The molecule has 25 heavy (non-hydrogen) atoms. The van der Waals surface area contributed by atoms with E-state index in [9.17, 15) is 23.2 Å². The van der Waals surface area contributed by atoms with E-state index in [1.807, 2.05) is 6.07 Å². The van der Waals surface area contributed by atoms with E-state index in [0.29, 0.717) is 0 Å². The van der Waals surface area contributed by atoms with E-state index in [2.05, 4.69) is 0 Å². The minimum absolute atomic E-state index is 0.0491. The van der Waals surface area contributed by atoms with Crippen LogP contribution in [0.15, 0.2) is 47.1 Å². The van der Waals surface area contributed by atoms with Crippen LogP contribution in [-0.2, 0) is 20.4 Å². The SMILES string of the molecule is CCOC(=O)C1=C(C)OC(N)=C(C#N)C1c1cccc(C(F)(F)F)c1. The molecule has 1 aliphatic rings. The van der Waals surface area contributed by atoms with E-state index in [-0.39, 0.29) is 35.0 Å². The molecule has 0 saturated heterocycles. The van der Waals surface area contributed by atoms with E-state index in [1.165, 1.54) is 19.1 Å². The highest BCUT2D eigenvalue weighted by atomic mass is 19.4. The first kappa shape index (κ1) is 18.4. The lowest BCUT2D eigenvalue weighted by atomic mass is 9.82. The second kappa shape index (κ2) is 6.89. The normalized spacial score (nSPS) is 17.8. The molecule has 0 bridgehead atoms. The van der Waals surface area contributed by atoms with Crippen LogP contribution in [-0.4, -0.2) is 12.6 Å². The molecule has 1 unspecified atom stereocenters. The van der Waals surface area contributed by atoms with Gasteiger partial charge in [0.25, 0.3) is 0 Å². The van der Waals surface area contributed by atoms with E-state index in [4.69, 9.17) is 15.2 Å². The summed E-state index contributed by atoms with van der Waals surface area (Å²) >= 11 is 0. The number of halogens is 3. The van der Waals surface area contributed by atoms with Crippen molar-refractivity contribution in [3.05, 3.63) is 58.2 Å². The Bertz CT molecular complexity index is 804. The zero-order chi connectivity index (χ0) is 18.8. The summed E-state index contributed by atoms with van der Waals surface area (Å²) in [5, 5.41) is 9.37. The third kappa shape index (κ3) is 3.60. The monoisotopic (exact) mass is 352 g/mol. The Morgan fingerprint density at radius 1 is 1.44 bits per heavy atom. The van der Waals surface area contributed by atoms with Crippen molar-refractivity contribution in [3.8, 4) is 6.07 Å². The van der Waals surface area contributed by atoms with Gasteiger partial charge in [-0.2, -0.15) is 18.4 Å². The Morgan fingerprint density at radius 2 is 2.12 bits per heavy atom. The first-order valence-corrected chi connectivity index (χ1v) is 7.33. The Balaban J connectivity index is 2.65. The topological polar surface area (TPSA) is 85.3 Å². The fraction of sp³-hybridized carbons (Fsp3) is 0.294. The maximum Gasteiger partial charge on any atom is 0.416 e. The van der Waals surface area contributed by atoms with Crippen LogP contribution in [0.5, 0.6) is 0 Å². The van der Waals surface area contributed by atoms with Crippen LogP contribution in [0.2, 0.25) is 0 Å². The van der Waals surface area contributed by atoms with Crippen molar-refractivity contribution in [2.24, 2.45) is 5.73 Å². The maximum atomic E-state index is 13.0. The number of nitrogens with zero attached hydrogens (tertiary/aromatic N) is 1. The summed E-state index contributed by atoms with van der Waals surface area (Å²) in [6.07, 6.45) is -4.56. The van der Waals surface area contributed by atoms with Crippen molar-refractivity contribution in [2.45, 2.75) is 25.9 Å². The van der Waals surface area contributed by atoms with Crippen molar-refractivity contribution in [1.29, 1.82) is 5.26 Å². The molecular weight excluding hydrogens is 337 g/mol. The standard InChI is InChI=1S/C17H15F3N2O3/c1-3-24-16(23)13-9(2)25-15(22)12(8-21)14(13)10-5-4-6-11(7-10)17(18,19)20/h4-7,14H,3,22H2,1-2H3. The molecule has 2 N–H and O–H groups in total. The Kier molecular flexibility index (Phi) is 5.07. The number of hydrogen-bond acceptors (Lipinski definition) is 5. The zero-order valence-electron chi connectivity index (χ0n) is 13.5. The van der Waals surface area contributed by atoms with E-state index in [1.54, 1.807) is 6.92 Å². The molecule has 1 aromatic carbocycles. The van der Waals surface area contributed by atoms with Crippen LogP contribution < -0.4 is 5.73 Å². The summed E-state index contributed by atoms with van der Waals surface area (Å²) in [5.41, 5.74) is 4.70. The van der Waals surface area contributed by atoms with Gasteiger partial charge in [-0.05, 0) is 25.5 Å². The first-order chi connectivity index (χ1) is 11.7. The highest BCUT2D eigenvalue weighted by Gasteiger charge is 2.38. The molecule has 0 saturated carbocycles. The van der Waals surface area contributed by atoms with Gasteiger partial charge in [0.2, 0.25) is 5.88 Å². The molecule has 132 valence electrons. The van der Waals surface area contributed by atoms with Crippen molar-refractivity contribution in [1.82, 2.24) is 0 Å². The van der Waals surface area contributed by atoms with Crippen LogP contribution in [0.3, 0.4) is 0 Å². The number of nitriles is 1. The van der Waals surface area contributed by atoms with E-state index in [0.717, 1.165) is 12.1 Å². The summed E-state index contributed by atoms with van der Waals surface area (Å²) in [7, 11) is 0. The number of hydrogen-bond donors (Lipinski definition) is 1. The number of nitrogens with two attached hydrogens (primary N) is 1. The van der Waals surface area contributed by atoms with Crippen LogP contribution >= 0.6 is 0 Å². The maximum absolute atomic E-state index is 13.0. The number of carbonyl (C=O) groups excluding carboxylic acids is 1. The fourth-order valence-electron chi connectivity index (χ4n) is 2.58. The number of rotatable bonds is 3. The predicted molar refractivity (Wildman–Crippen MR) is 81.4 cm³/mol. The molecular formula is C17H15F3N2O3. The lowest BCUT2D eigenvalue weighted by Gasteiger charge is -2.27. The highest BCUT2D eigenvalue weighted by Crippen LogP contribution is 2.41. The zero-order valence-corrected chi connectivity index (χ0v) is 13.5. The van der Waals surface area contributed by atoms with Gasteiger partial charge in [-0.15, -0.1) is 0 Å². The summed E-state index contributed by atoms with van der Waals surface area (Å²) < 4.78 is 49.2. The molecule has 5 nitrogen and oxygen atoms in total. The third-order valence-electron chi connectivity index (χ3n) is 3.65. The molecule has 0 aliphatic carbocycles. The number of benzene rings is 1. The quantitative estimate of drug-likeness (QED) is 0.843. The second-order valence-electron chi connectivity index (χ2n) is 5.24. The smallest absolute Gasteiger partial charge is 0.416 e. The van der Waals surface area contributed by atoms with Gasteiger partial charge in [0.05, 0.1) is 23.7 Å². The molecule has 2 rings (SSSR count). The van der Waals surface area contributed by atoms with Crippen molar-refractivity contribution in [2.75, 3.05) is 6.61 Å². The Hall–Kier alpha value is -2.95. The lowest BCUT2D eigenvalue weighted by molar-refractivity contribution is -0.139. The molecule has 0 amide bonds. The number of esters is 1. The highest BCUT2D eigenvalue weighted by molar-refractivity contribution is 5.92. The number of ether oxygens (including phenoxy) is 2. The first-order valence-electron chi connectivity index (χ1n) is 7.33. The van der Waals surface area contributed by atoms with Gasteiger partial charge in [0.1, 0.15) is 17.4 Å². The number of carbonyl (C=O) groups is 1. The molecule has 1 aliphatic heterocycles. The van der Waals surface area contributed by atoms with Crippen LogP contribution in [0.4, 0.5) is 13.2 Å². The van der Waals surface area contributed by atoms with Gasteiger partial charge in [-0.3, -0.25) is 0 Å². The Morgan fingerprint density at radius 3 is 2.68 bits per heavy atom. The summed E-state index contributed by atoms with van der Waals surface area (Å²) in [6.45, 7) is 3.09. The number of allylic oxidation sites excluding steroid dienone is 2. The van der Waals surface area contributed by atoms with Crippen molar-refractivity contribution < 1.29 is 27.4 Å². The van der Waals surface area contributed by atoms with Crippen molar-refractivity contribution in [3.63, 3.8) is 0 Å². The lowest BCUT2D eigenvalue weighted by Crippen LogP contribution is -2.25. The van der Waals surface area contributed by atoms with Gasteiger partial charge in [0, 0.05) is 0 Å². The number of alkyl halides is 3. The third-order valence-corrected chi connectivity index (χ3v) is 3.65. The molecule has 1 heterocycles. The van der Waals surface area contributed by atoms with Gasteiger partial charge in [-0.25, -0.2) is 4.79 Å².